The number of benzene rings is 1. The fraction of sp³-hybridized carbons (Fsp3) is 0.294. The van der Waals surface area contributed by atoms with E-state index >= 15 is 0 Å². The summed E-state index contributed by atoms with van der Waals surface area (Å²) in [7, 11) is 0. The van der Waals surface area contributed by atoms with Crippen molar-refractivity contribution in [1.82, 2.24) is 9.58 Å². The van der Waals surface area contributed by atoms with Crippen LogP contribution in [0.1, 0.15) is 22.5 Å². The van der Waals surface area contributed by atoms with Gasteiger partial charge < -0.3 is 9.47 Å². The Bertz CT molecular complexity index is 818. The molecular formula is C17H17N3O4. The van der Waals surface area contributed by atoms with Crippen molar-refractivity contribution < 1.29 is 14.3 Å². The van der Waals surface area contributed by atoms with Crippen LogP contribution >= 0.6 is 0 Å². The van der Waals surface area contributed by atoms with Gasteiger partial charge in [-0.2, -0.15) is 0 Å². The maximum Gasteiger partial charge on any atom is 0.279 e. The molecule has 4 rings (SSSR count). The number of amides is 1. The molecule has 7 heteroatoms. The standard InChI is InChI=1S/C17H17N3O4/c21-13-7-9-20-14(15(13)24-11-12-5-2-1-3-6-12)16(22)19-8-4-10-23-17(19)18-20/h1-3,5-7,9,17-18H,4,8,10-11H2. The molecule has 0 radical (unpaired) electrons. The van der Waals surface area contributed by atoms with Gasteiger partial charge in [0.25, 0.3) is 5.91 Å². The largest absolute Gasteiger partial charge is 0.482 e. The quantitative estimate of drug-likeness (QED) is 0.915. The third-order valence-electron chi connectivity index (χ3n) is 4.10. The summed E-state index contributed by atoms with van der Waals surface area (Å²) in [5.74, 6) is -0.206. The first-order valence-corrected chi connectivity index (χ1v) is 7.85. The number of nitrogens with one attached hydrogen (secondary N) is 1. The van der Waals surface area contributed by atoms with Crippen LogP contribution in [0.4, 0.5) is 0 Å². The van der Waals surface area contributed by atoms with Gasteiger partial charge in [0, 0.05) is 18.8 Å². The molecule has 1 aromatic carbocycles. The molecule has 1 aromatic heterocycles. The Morgan fingerprint density at radius 2 is 2.04 bits per heavy atom. The van der Waals surface area contributed by atoms with E-state index < -0.39 is 6.35 Å². The first-order valence-electron chi connectivity index (χ1n) is 7.85. The summed E-state index contributed by atoms with van der Waals surface area (Å²) >= 11 is 0. The molecule has 124 valence electrons. The predicted molar refractivity (Wildman–Crippen MR) is 86.2 cm³/mol. The summed E-state index contributed by atoms with van der Waals surface area (Å²) in [5, 5.41) is 0. The maximum absolute atomic E-state index is 12.8. The van der Waals surface area contributed by atoms with Gasteiger partial charge in [0.15, 0.2) is 11.4 Å². The van der Waals surface area contributed by atoms with Gasteiger partial charge in [-0.15, -0.1) is 0 Å². The molecule has 2 aromatic rings. The van der Waals surface area contributed by atoms with Crippen LogP contribution in [0.5, 0.6) is 5.75 Å². The number of rotatable bonds is 3. The lowest BCUT2D eigenvalue weighted by Crippen LogP contribution is -2.57. The summed E-state index contributed by atoms with van der Waals surface area (Å²) in [6, 6.07) is 10.9. The van der Waals surface area contributed by atoms with Crippen LogP contribution in [-0.2, 0) is 11.3 Å². The van der Waals surface area contributed by atoms with E-state index in [0.717, 1.165) is 12.0 Å². The molecule has 1 unspecified atom stereocenters. The zero-order valence-electron chi connectivity index (χ0n) is 13.0. The Balaban J connectivity index is 1.68. The second kappa shape index (κ2) is 6.01. The number of hydrogen-bond acceptors (Lipinski definition) is 5. The van der Waals surface area contributed by atoms with Crippen LogP contribution in [0.25, 0.3) is 0 Å². The smallest absolute Gasteiger partial charge is 0.279 e. The van der Waals surface area contributed by atoms with Gasteiger partial charge in [-0.25, -0.2) is 0 Å². The molecule has 0 saturated carbocycles. The van der Waals surface area contributed by atoms with Crippen molar-refractivity contribution in [1.29, 1.82) is 0 Å². The van der Waals surface area contributed by atoms with E-state index in [1.54, 1.807) is 4.90 Å². The number of nitrogens with zero attached hydrogens (tertiary/aromatic N) is 2. The summed E-state index contributed by atoms with van der Waals surface area (Å²) in [6.07, 6.45) is 1.78. The molecule has 24 heavy (non-hydrogen) atoms. The van der Waals surface area contributed by atoms with Crippen LogP contribution in [0.3, 0.4) is 0 Å². The summed E-state index contributed by atoms with van der Waals surface area (Å²) in [5.41, 5.74) is 3.89. The van der Waals surface area contributed by atoms with E-state index in [-0.39, 0.29) is 29.4 Å². The first kappa shape index (κ1) is 14.8. The Hall–Kier alpha value is -2.80. The number of hydrogen-bond donors (Lipinski definition) is 1. The molecular weight excluding hydrogens is 310 g/mol. The zero-order valence-corrected chi connectivity index (χ0v) is 13.0. The molecule has 1 atom stereocenters. The van der Waals surface area contributed by atoms with Crippen LogP contribution in [-0.4, -0.2) is 35.0 Å². The van der Waals surface area contributed by atoms with Crippen molar-refractivity contribution in [3.63, 3.8) is 0 Å². The van der Waals surface area contributed by atoms with Crippen LogP contribution in [0, 0.1) is 0 Å². The molecule has 7 nitrogen and oxygen atoms in total. The highest BCUT2D eigenvalue weighted by atomic mass is 16.5. The predicted octanol–water partition coefficient (Wildman–Crippen LogP) is 1.13. The minimum absolute atomic E-state index is 0.0582. The molecule has 0 aliphatic carbocycles. The molecule has 0 spiro atoms. The van der Waals surface area contributed by atoms with Crippen LogP contribution in [0.2, 0.25) is 0 Å². The number of carbonyl (C=O) groups excluding carboxylic acids is 1. The monoisotopic (exact) mass is 327 g/mol. The summed E-state index contributed by atoms with van der Waals surface area (Å²) < 4.78 is 12.8. The van der Waals surface area contributed by atoms with Crippen molar-refractivity contribution in [3.05, 3.63) is 64.1 Å². The third kappa shape index (κ3) is 2.52. The van der Waals surface area contributed by atoms with E-state index in [2.05, 4.69) is 5.43 Å². The van der Waals surface area contributed by atoms with Crippen molar-refractivity contribution in [2.24, 2.45) is 0 Å². The number of ether oxygens (including phenoxy) is 2. The highest BCUT2D eigenvalue weighted by molar-refractivity contribution is 5.96. The van der Waals surface area contributed by atoms with Gasteiger partial charge >= 0.3 is 0 Å². The number of carbonyl (C=O) groups is 1. The Morgan fingerprint density at radius 1 is 1.21 bits per heavy atom. The summed E-state index contributed by atoms with van der Waals surface area (Å²) in [6.45, 7) is 1.40. The second-order valence-electron chi connectivity index (χ2n) is 5.71. The number of pyridine rings is 1. The number of fused-ring (bicyclic) bond motifs is 2. The van der Waals surface area contributed by atoms with Gasteiger partial charge in [-0.3, -0.25) is 24.6 Å². The van der Waals surface area contributed by atoms with Gasteiger partial charge in [-0.1, -0.05) is 30.3 Å². The molecule has 2 aliphatic heterocycles. The van der Waals surface area contributed by atoms with E-state index in [0.29, 0.717) is 13.2 Å². The van der Waals surface area contributed by atoms with E-state index in [1.165, 1.54) is 16.9 Å². The van der Waals surface area contributed by atoms with Gasteiger partial charge in [0.2, 0.25) is 11.8 Å². The van der Waals surface area contributed by atoms with Crippen molar-refractivity contribution >= 4 is 5.91 Å². The van der Waals surface area contributed by atoms with Gasteiger partial charge in [-0.05, 0) is 12.0 Å². The van der Waals surface area contributed by atoms with Crippen molar-refractivity contribution in [2.75, 3.05) is 18.6 Å². The average Bonchev–Trinajstić information content (AvgIpc) is 2.62. The fourth-order valence-corrected chi connectivity index (χ4v) is 2.90. The molecule has 2 aliphatic rings. The van der Waals surface area contributed by atoms with Crippen LogP contribution < -0.4 is 15.6 Å². The molecule has 3 heterocycles. The van der Waals surface area contributed by atoms with E-state index in [4.69, 9.17) is 9.47 Å². The lowest BCUT2D eigenvalue weighted by molar-refractivity contribution is -0.0734. The minimum Gasteiger partial charge on any atom is -0.482 e. The SMILES string of the molecule is O=C1c2c(OCc3ccccc3)c(=O)ccn2NC2OCCCN12. The fourth-order valence-electron chi connectivity index (χ4n) is 2.90. The van der Waals surface area contributed by atoms with Crippen molar-refractivity contribution in [3.8, 4) is 5.75 Å². The average molecular weight is 327 g/mol. The highest BCUT2D eigenvalue weighted by Crippen LogP contribution is 2.24. The topological polar surface area (TPSA) is 72.8 Å². The molecule has 0 bridgehead atoms. The normalized spacial score (nSPS) is 19.2. The maximum atomic E-state index is 12.8. The van der Waals surface area contributed by atoms with Crippen LogP contribution in [0.15, 0.2) is 47.4 Å². The van der Waals surface area contributed by atoms with Gasteiger partial charge in [0.1, 0.15) is 6.61 Å². The molecule has 1 amide bonds. The zero-order chi connectivity index (χ0) is 16.5. The Labute approximate surface area is 138 Å². The lowest BCUT2D eigenvalue weighted by atomic mass is 10.2. The molecule has 1 saturated heterocycles. The lowest BCUT2D eigenvalue weighted by Gasteiger charge is -2.41. The molecule has 1 N–H and O–H groups in total. The van der Waals surface area contributed by atoms with E-state index in [9.17, 15) is 9.59 Å². The first-order chi connectivity index (χ1) is 11.7. The minimum atomic E-state index is -0.511. The Morgan fingerprint density at radius 3 is 2.88 bits per heavy atom. The summed E-state index contributed by atoms with van der Waals surface area (Å²) in [4.78, 5) is 26.6. The highest BCUT2D eigenvalue weighted by Gasteiger charge is 2.37. The number of aromatic nitrogens is 1. The van der Waals surface area contributed by atoms with Gasteiger partial charge in [0.05, 0.1) is 6.61 Å². The Kier molecular flexibility index (Phi) is 3.70. The van der Waals surface area contributed by atoms with E-state index in [1.807, 2.05) is 30.3 Å². The van der Waals surface area contributed by atoms with Crippen molar-refractivity contribution in [2.45, 2.75) is 19.4 Å². The third-order valence-corrected chi connectivity index (χ3v) is 4.10. The molecule has 1 fully saturated rings. The second-order valence-corrected chi connectivity index (χ2v) is 5.71.